The number of hydrogen-bond acceptors (Lipinski definition) is 3. The molecule has 0 unspecified atom stereocenters. The molecule has 5 nitrogen and oxygen atoms in total. The van der Waals surface area contributed by atoms with Gasteiger partial charge in [0.2, 0.25) is 5.91 Å². The third-order valence-corrected chi connectivity index (χ3v) is 3.24. The molecule has 0 aliphatic carbocycles. The highest BCUT2D eigenvalue weighted by atomic mass is 79.9. The summed E-state index contributed by atoms with van der Waals surface area (Å²) in [5.41, 5.74) is 1.53. The zero-order valence-corrected chi connectivity index (χ0v) is 13.7. The average Bonchev–Trinajstić information content (AvgIpc) is 2.28. The van der Waals surface area contributed by atoms with Gasteiger partial charge in [-0.15, -0.1) is 0 Å². The Hall–Kier alpha value is -1.56. The molecule has 0 radical (unpaired) electrons. The molecule has 3 N–H and O–H groups in total. The summed E-state index contributed by atoms with van der Waals surface area (Å²) in [5, 5.41) is 7.90. The van der Waals surface area contributed by atoms with E-state index in [1.165, 1.54) is 0 Å². The number of hydrogen-bond donors (Lipinski definition) is 3. The Kier molecular flexibility index (Phi) is 5.56. The van der Waals surface area contributed by atoms with Gasteiger partial charge in [0.05, 0.1) is 6.54 Å². The van der Waals surface area contributed by atoms with Crippen molar-refractivity contribution in [3.63, 3.8) is 0 Å². The number of halogens is 1. The SMILES string of the molecule is Cc1cc(NCC(=O)NC(=O)NC(C)(C)C)ccc1Br. The number of urea groups is 1. The molecule has 0 aliphatic heterocycles. The molecule has 1 aromatic rings. The fraction of sp³-hybridized carbons (Fsp3) is 0.429. The Labute approximate surface area is 127 Å². The van der Waals surface area contributed by atoms with E-state index in [-0.39, 0.29) is 18.0 Å². The van der Waals surface area contributed by atoms with Crippen LogP contribution in [0.1, 0.15) is 26.3 Å². The number of anilines is 1. The van der Waals surface area contributed by atoms with Crippen molar-refractivity contribution in [1.29, 1.82) is 0 Å². The fourth-order valence-corrected chi connectivity index (χ4v) is 1.73. The third-order valence-electron chi connectivity index (χ3n) is 2.35. The Bertz CT molecular complexity index is 510. The van der Waals surface area contributed by atoms with Gasteiger partial charge in [0.1, 0.15) is 0 Å². The van der Waals surface area contributed by atoms with E-state index in [1.54, 1.807) is 0 Å². The predicted molar refractivity (Wildman–Crippen MR) is 83.8 cm³/mol. The molecule has 1 rings (SSSR count). The Morgan fingerprint density at radius 3 is 2.45 bits per heavy atom. The van der Waals surface area contributed by atoms with E-state index in [2.05, 4.69) is 31.9 Å². The topological polar surface area (TPSA) is 70.2 Å². The van der Waals surface area contributed by atoms with Gasteiger partial charge in [-0.25, -0.2) is 4.79 Å². The van der Waals surface area contributed by atoms with Gasteiger partial charge < -0.3 is 10.6 Å². The minimum atomic E-state index is -0.490. The highest BCUT2D eigenvalue weighted by Gasteiger charge is 2.15. The van der Waals surface area contributed by atoms with Crippen molar-refractivity contribution in [2.45, 2.75) is 33.2 Å². The van der Waals surface area contributed by atoms with Gasteiger partial charge >= 0.3 is 6.03 Å². The Balaban J connectivity index is 2.43. The molecule has 0 saturated heterocycles. The molecule has 0 bridgehead atoms. The van der Waals surface area contributed by atoms with E-state index in [9.17, 15) is 9.59 Å². The van der Waals surface area contributed by atoms with Crippen molar-refractivity contribution in [1.82, 2.24) is 10.6 Å². The van der Waals surface area contributed by atoms with E-state index in [0.29, 0.717) is 0 Å². The van der Waals surface area contributed by atoms with E-state index in [1.807, 2.05) is 45.9 Å². The standard InChI is InChI=1S/C14H20BrN3O2/c1-9-7-10(5-6-11(9)15)16-8-12(19)17-13(20)18-14(2,3)4/h5-7,16H,8H2,1-4H3,(H2,17,18,19,20). The molecule has 0 saturated carbocycles. The summed E-state index contributed by atoms with van der Waals surface area (Å²) >= 11 is 3.41. The molecular weight excluding hydrogens is 322 g/mol. The maximum absolute atomic E-state index is 11.6. The Morgan fingerprint density at radius 1 is 1.25 bits per heavy atom. The maximum atomic E-state index is 11.6. The second kappa shape index (κ2) is 6.74. The lowest BCUT2D eigenvalue weighted by Crippen LogP contribution is -2.49. The van der Waals surface area contributed by atoms with Crippen LogP contribution in [0.25, 0.3) is 0 Å². The minimum Gasteiger partial charge on any atom is -0.376 e. The summed E-state index contributed by atoms with van der Waals surface area (Å²) in [6.07, 6.45) is 0. The van der Waals surface area contributed by atoms with Crippen molar-refractivity contribution >= 4 is 33.6 Å². The summed E-state index contributed by atoms with van der Waals surface area (Å²) in [5.74, 6) is -0.382. The van der Waals surface area contributed by atoms with Crippen molar-refractivity contribution in [3.8, 4) is 0 Å². The lowest BCUT2D eigenvalue weighted by atomic mass is 10.1. The highest BCUT2D eigenvalue weighted by Crippen LogP contribution is 2.19. The molecule has 3 amide bonds. The molecule has 0 aromatic heterocycles. The van der Waals surface area contributed by atoms with Crippen LogP contribution in [0, 0.1) is 6.92 Å². The maximum Gasteiger partial charge on any atom is 0.321 e. The summed E-state index contributed by atoms with van der Waals surface area (Å²) in [6, 6.07) is 5.20. The summed E-state index contributed by atoms with van der Waals surface area (Å²) < 4.78 is 1.01. The average molecular weight is 342 g/mol. The van der Waals surface area contributed by atoms with Crippen LogP contribution >= 0.6 is 15.9 Å². The molecule has 0 heterocycles. The highest BCUT2D eigenvalue weighted by molar-refractivity contribution is 9.10. The number of amides is 3. The number of aryl methyl sites for hydroxylation is 1. The molecule has 1 aromatic carbocycles. The number of rotatable bonds is 3. The molecular formula is C14H20BrN3O2. The number of carbonyl (C=O) groups is 2. The number of benzene rings is 1. The minimum absolute atomic E-state index is 0.0403. The lowest BCUT2D eigenvalue weighted by molar-refractivity contribution is -0.118. The first kappa shape index (κ1) is 16.5. The lowest BCUT2D eigenvalue weighted by Gasteiger charge is -2.20. The monoisotopic (exact) mass is 341 g/mol. The van der Waals surface area contributed by atoms with Gasteiger partial charge in [0.15, 0.2) is 0 Å². The van der Waals surface area contributed by atoms with Crippen LogP contribution in [0.15, 0.2) is 22.7 Å². The van der Waals surface area contributed by atoms with Crippen LogP contribution in [-0.4, -0.2) is 24.0 Å². The van der Waals surface area contributed by atoms with Crippen LogP contribution in [0.4, 0.5) is 10.5 Å². The van der Waals surface area contributed by atoms with Crippen LogP contribution in [0.5, 0.6) is 0 Å². The molecule has 0 spiro atoms. The van der Waals surface area contributed by atoms with E-state index in [0.717, 1.165) is 15.7 Å². The van der Waals surface area contributed by atoms with E-state index < -0.39 is 6.03 Å². The van der Waals surface area contributed by atoms with Crippen LogP contribution in [0.3, 0.4) is 0 Å². The molecule has 6 heteroatoms. The fourth-order valence-electron chi connectivity index (χ4n) is 1.48. The summed E-state index contributed by atoms with van der Waals surface area (Å²) in [7, 11) is 0. The van der Waals surface area contributed by atoms with Gasteiger partial charge in [-0.3, -0.25) is 10.1 Å². The Morgan fingerprint density at radius 2 is 1.90 bits per heavy atom. The second-order valence-electron chi connectivity index (χ2n) is 5.57. The first-order valence-corrected chi connectivity index (χ1v) is 7.09. The first-order valence-electron chi connectivity index (χ1n) is 6.29. The van der Waals surface area contributed by atoms with Crippen molar-refractivity contribution in [2.75, 3.05) is 11.9 Å². The first-order chi connectivity index (χ1) is 9.17. The molecule has 0 aliphatic rings. The van der Waals surface area contributed by atoms with Crippen LogP contribution in [-0.2, 0) is 4.79 Å². The number of carbonyl (C=O) groups excluding carboxylic acids is 2. The predicted octanol–water partition coefficient (Wildman–Crippen LogP) is 2.79. The summed E-state index contributed by atoms with van der Waals surface area (Å²) in [4.78, 5) is 23.1. The normalized spacial score (nSPS) is 10.8. The van der Waals surface area contributed by atoms with Gasteiger partial charge in [-0.1, -0.05) is 15.9 Å². The summed E-state index contributed by atoms with van der Waals surface area (Å²) in [6.45, 7) is 7.55. The van der Waals surface area contributed by atoms with E-state index >= 15 is 0 Å². The third kappa shape index (κ3) is 6.06. The molecule has 20 heavy (non-hydrogen) atoms. The van der Waals surface area contributed by atoms with Crippen molar-refractivity contribution in [3.05, 3.63) is 28.2 Å². The van der Waals surface area contributed by atoms with Gasteiger partial charge in [-0.2, -0.15) is 0 Å². The molecule has 0 atom stereocenters. The van der Waals surface area contributed by atoms with Gasteiger partial charge in [0, 0.05) is 15.7 Å². The quantitative estimate of drug-likeness (QED) is 0.791. The zero-order chi connectivity index (χ0) is 15.3. The van der Waals surface area contributed by atoms with Crippen LogP contribution < -0.4 is 16.0 Å². The second-order valence-corrected chi connectivity index (χ2v) is 6.42. The smallest absolute Gasteiger partial charge is 0.321 e. The van der Waals surface area contributed by atoms with E-state index in [4.69, 9.17) is 0 Å². The van der Waals surface area contributed by atoms with Gasteiger partial charge in [-0.05, 0) is 51.5 Å². The van der Waals surface area contributed by atoms with Crippen molar-refractivity contribution in [2.24, 2.45) is 0 Å². The van der Waals surface area contributed by atoms with Crippen molar-refractivity contribution < 1.29 is 9.59 Å². The number of imide groups is 1. The van der Waals surface area contributed by atoms with Gasteiger partial charge in [0.25, 0.3) is 0 Å². The zero-order valence-electron chi connectivity index (χ0n) is 12.1. The number of nitrogens with one attached hydrogen (secondary N) is 3. The largest absolute Gasteiger partial charge is 0.376 e. The molecule has 0 fully saturated rings. The molecule has 110 valence electrons. The van der Waals surface area contributed by atoms with Crippen LogP contribution in [0.2, 0.25) is 0 Å².